The molecule has 0 aliphatic rings. The number of carbonyl (C=O) groups excluding carboxylic acids is 1. The number of phenolic OH excluding ortho intramolecular Hbond substituents is 1. The van der Waals surface area contributed by atoms with Crippen molar-refractivity contribution in [3.05, 3.63) is 34.3 Å². The highest BCUT2D eigenvalue weighted by Gasteiger charge is 2.17. The molecule has 104 valence electrons. The normalized spacial score (nSPS) is 10.2. The van der Waals surface area contributed by atoms with Gasteiger partial charge in [-0.25, -0.2) is 4.79 Å². The summed E-state index contributed by atoms with van der Waals surface area (Å²) in [7, 11) is 0. The zero-order valence-electron chi connectivity index (χ0n) is 10.5. The van der Waals surface area contributed by atoms with Gasteiger partial charge >= 0.3 is 5.97 Å². The minimum atomic E-state index is -1.14. The Morgan fingerprint density at radius 1 is 1.40 bits per heavy atom. The van der Waals surface area contributed by atoms with E-state index >= 15 is 0 Å². The molecular weight excluding hydrogens is 282 g/mol. The van der Waals surface area contributed by atoms with E-state index in [-0.39, 0.29) is 17.0 Å². The van der Waals surface area contributed by atoms with Crippen LogP contribution in [0, 0.1) is 0 Å². The lowest BCUT2D eigenvalue weighted by molar-refractivity contribution is 0.0696. The SMILES string of the molecule is CCc1nnsc1C(=O)Nc1cc(C(=O)O)ccc1O. The van der Waals surface area contributed by atoms with Gasteiger partial charge in [0, 0.05) is 0 Å². The number of phenols is 1. The van der Waals surface area contributed by atoms with Crippen LogP contribution in [0.3, 0.4) is 0 Å². The quantitative estimate of drug-likeness (QED) is 0.740. The number of carboxylic acids is 1. The van der Waals surface area contributed by atoms with E-state index in [0.29, 0.717) is 17.0 Å². The molecule has 20 heavy (non-hydrogen) atoms. The smallest absolute Gasteiger partial charge is 0.335 e. The highest BCUT2D eigenvalue weighted by Crippen LogP contribution is 2.25. The second kappa shape index (κ2) is 5.66. The van der Waals surface area contributed by atoms with Crippen LogP contribution in [0.15, 0.2) is 18.2 Å². The van der Waals surface area contributed by atoms with Gasteiger partial charge in [0.15, 0.2) is 0 Å². The predicted molar refractivity (Wildman–Crippen MR) is 72.3 cm³/mol. The van der Waals surface area contributed by atoms with Crippen LogP contribution in [0.4, 0.5) is 5.69 Å². The highest BCUT2D eigenvalue weighted by atomic mass is 32.1. The van der Waals surface area contributed by atoms with Gasteiger partial charge in [-0.3, -0.25) is 4.79 Å². The molecule has 0 radical (unpaired) electrons. The number of benzene rings is 1. The zero-order chi connectivity index (χ0) is 14.7. The summed E-state index contributed by atoms with van der Waals surface area (Å²) in [6, 6.07) is 3.65. The fraction of sp³-hybridized carbons (Fsp3) is 0.167. The predicted octanol–water partition coefficient (Wildman–Crippen LogP) is 1.76. The molecule has 0 aliphatic heterocycles. The lowest BCUT2D eigenvalue weighted by Crippen LogP contribution is -2.13. The number of aromatic nitrogens is 2. The third-order valence-corrected chi connectivity index (χ3v) is 3.36. The number of carboxylic acid groups (broad SMARTS) is 1. The standard InChI is InChI=1S/C12H11N3O4S/c1-2-7-10(20-15-14-7)11(17)13-8-5-6(12(18)19)3-4-9(8)16/h3-5,16H,2H2,1H3,(H,13,17)(H,18,19). The van der Waals surface area contributed by atoms with Crippen LogP contribution in [0.25, 0.3) is 0 Å². The van der Waals surface area contributed by atoms with Crippen LogP contribution in [0.2, 0.25) is 0 Å². The van der Waals surface area contributed by atoms with Crippen molar-refractivity contribution in [3.63, 3.8) is 0 Å². The number of anilines is 1. The molecular formula is C12H11N3O4S. The number of aromatic hydroxyl groups is 1. The van der Waals surface area contributed by atoms with Crippen molar-refractivity contribution in [3.8, 4) is 5.75 Å². The Morgan fingerprint density at radius 2 is 2.15 bits per heavy atom. The molecule has 3 N–H and O–H groups in total. The van der Waals surface area contributed by atoms with Gasteiger partial charge in [-0.15, -0.1) is 5.10 Å². The molecule has 0 fully saturated rings. The molecule has 1 aromatic heterocycles. The molecule has 0 saturated heterocycles. The van der Waals surface area contributed by atoms with E-state index in [1.807, 2.05) is 6.92 Å². The highest BCUT2D eigenvalue weighted by molar-refractivity contribution is 7.08. The number of hydrogen-bond acceptors (Lipinski definition) is 6. The molecule has 7 nitrogen and oxygen atoms in total. The Kier molecular flexibility index (Phi) is 3.94. The van der Waals surface area contributed by atoms with Crippen LogP contribution in [0.5, 0.6) is 5.75 Å². The number of nitrogens with one attached hydrogen (secondary N) is 1. The van der Waals surface area contributed by atoms with Crippen molar-refractivity contribution < 1.29 is 19.8 Å². The maximum Gasteiger partial charge on any atom is 0.335 e. The van der Waals surface area contributed by atoms with E-state index in [9.17, 15) is 14.7 Å². The third kappa shape index (κ3) is 2.75. The minimum absolute atomic E-state index is 0.0313. The number of nitrogens with zero attached hydrogens (tertiary/aromatic N) is 2. The third-order valence-electron chi connectivity index (χ3n) is 2.59. The average Bonchev–Trinajstić information content (AvgIpc) is 2.89. The molecule has 8 heteroatoms. The van der Waals surface area contributed by atoms with Gasteiger partial charge in [-0.05, 0) is 36.2 Å². The van der Waals surface area contributed by atoms with Crippen LogP contribution in [-0.4, -0.2) is 31.7 Å². The van der Waals surface area contributed by atoms with Gasteiger partial charge in [0.25, 0.3) is 5.91 Å². The number of rotatable bonds is 4. The number of carbonyl (C=O) groups is 2. The van der Waals surface area contributed by atoms with Gasteiger partial charge in [-0.1, -0.05) is 11.4 Å². The summed E-state index contributed by atoms with van der Waals surface area (Å²) in [5.41, 5.74) is 0.558. The number of aromatic carboxylic acids is 1. The second-order valence-corrected chi connectivity index (χ2v) is 4.65. The molecule has 0 bridgehead atoms. The van der Waals surface area contributed by atoms with Gasteiger partial charge in [0.2, 0.25) is 0 Å². The zero-order valence-corrected chi connectivity index (χ0v) is 11.3. The van der Waals surface area contributed by atoms with Crippen molar-refractivity contribution in [2.75, 3.05) is 5.32 Å². The van der Waals surface area contributed by atoms with E-state index in [1.54, 1.807) is 0 Å². The fourth-order valence-corrected chi connectivity index (χ4v) is 2.21. The molecule has 2 aromatic rings. The first-order valence-electron chi connectivity index (χ1n) is 5.71. The van der Waals surface area contributed by atoms with E-state index in [1.165, 1.54) is 18.2 Å². The second-order valence-electron chi connectivity index (χ2n) is 3.89. The molecule has 2 rings (SSSR count). The average molecular weight is 293 g/mol. The van der Waals surface area contributed by atoms with E-state index in [4.69, 9.17) is 5.11 Å². The monoisotopic (exact) mass is 293 g/mol. The fourth-order valence-electron chi connectivity index (χ4n) is 1.56. The molecule has 0 aliphatic carbocycles. The summed E-state index contributed by atoms with van der Waals surface area (Å²) in [5.74, 6) is -1.83. The van der Waals surface area contributed by atoms with Crippen molar-refractivity contribution in [1.29, 1.82) is 0 Å². The first kappa shape index (κ1) is 13.9. The van der Waals surface area contributed by atoms with Crippen LogP contribution in [0.1, 0.15) is 32.6 Å². The Morgan fingerprint density at radius 3 is 2.80 bits per heavy atom. The number of aryl methyl sites for hydroxylation is 1. The summed E-state index contributed by atoms with van der Waals surface area (Å²) in [5, 5.41) is 24.8. The summed E-state index contributed by atoms with van der Waals surface area (Å²) in [6.07, 6.45) is 0.556. The van der Waals surface area contributed by atoms with E-state index < -0.39 is 11.9 Å². The molecule has 0 atom stereocenters. The lowest BCUT2D eigenvalue weighted by atomic mass is 10.2. The van der Waals surface area contributed by atoms with Crippen molar-refractivity contribution in [2.24, 2.45) is 0 Å². The molecule has 0 saturated carbocycles. The number of amides is 1. The molecule has 1 amide bonds. The maximum atomic E-state index is 12.0. The molecule has 1 aromatic carbocycles. The summed E-state index contributed by atoms with van der Waals surface area (Å²) in [6.45, 7) is 1.84. The summed E-state index contributed by atoms with van der Waals surface area (Å²) in [4.78, 5) is 23.3. The topological polar surface area (TPSA) is 112 Å². The van der Waals surface area contributed by atoms with Gasteiger partial charge in [0.1, 0.15) is 10.6 Å². The molecule has 0 unspecified atom stereocenters. The van der Waals surface area contributed by atoms with Crippen molar-refractivity contribution in [1.82, 2.24) is 9.59 Å². The Balaban J connectivity index is 2.28. The number of hydrogen-bond donors (Lipinski definition) is 3. The van der Waals surface area contributed by atoms with Crippen LogP contribution in [-0.2, 0) is 6.42 Å². The van der Waals surface area contributed by atoms with Crippen molar-refractivity contribution >= 4 is 29.1 Å². The Bertz CT molecular complexity index is 668. The first-order valence-corrected chi connectivity index (χ1v) is 6.49. The summed E-state index contributed by atoms with van der Waals surface area (Å²) < 4.78 is 3.70. The van der Waals surface area contributed by atoms with E-state index in [2.05, 4.69) is 14.9 Å². The molecule has 1 heterocycles. The van der Waals surface area contributed by atoms with Crippen LogP contribution < -0.4 is 5.32 Å². The maximum absolute atomic E-state index is 12.0. The van der Waals surface area contributed by atoms with Gasteiger partial charge < -0.3 is 15.5 Å². The van der Waals surface area contributed by atoms with Crippen LogP contribution >= 0.6 is 11.5 Å². The first-order chi connectivity index (χ1) is 9.52. The summed E-state index contributed by atoms with van der Waals surface area (Å²) >= 11 is 0.947. The largest absolute Gasteiger partial charge is 0.506 e. The lowest BCUT2D eigenvalue weighted by Gasteiger charge is -2.07. The Hall–Kier alpha value is -2.48. The Labute approximate surface area is 118 Å². The van der Waals surface area contributed by atoms with Gasteiger partial charge in [0.05, 0.1) is 16.9 Å². The van der Waals surface area contributed by atoms with Crippen molar-refractivity contribution in [2.45, 2.75) is 13.3 Å². The van der Waals surface area contributed by atoms with E-state index in [0.717, 1.165) is 11.5 Å². The molecule has 0 spiro atoms. The van der Waals surface area contributed by atoms with Gasteiger partial charge in [-0.2, -0.15) is 0 Å². The minimum Gasteiger partial charge on any atom is -0.506 e.